The van der Waals surface area contributed by atoms with Crippen LogP contribution in [0.15, 0.2) is 4.90 Å². The molecular weight excluding hydrogens is 276 g/mol. The number of nitrogens with zero attached hydrogens (tertiary/aromatic N) is 1. The number of rotatable bonds is 10. The second-order valence-electron chi connectivity index (χ2n) is 4.91. The lowest BCUT2D eigenvalue weighted by molar-refractivity contribution is 0.572. The van der Waals surface area contributed by atoms with E-state index in [1.807, 2.05) is 0 Å². The summed E-state index contributed by atoms with van der Waals surface area (Å²) in [5.74, 6) is 0. The normalized spacial score (nSPS) is 11.9. The summed E-state index contributed by atoms with van der Waals surface area (Å²) in [6.45, 7) is 7.67. The van der Waals surface area contributed by atoms with E-state index in [0.29, 0.717) is 24.5 Å². The average molecular weight is 302 g/mol. The van der Waals surface area contributed by atoms with Crippen LogP contribution in [0.1, 0.15) is 50.9 Å². The first-order valence-corrected chi connectivity index (χ1v) is 8.75. The van der Waals surface area contributed by atoms with Crippen molar-refractivity contribution in [1.82, 2.24) is 20.2 Å². The molecule has 0 aliphatic rings. The number of aromatic nitrogens is 2. The molecule has 0 saturated carbocycles. The molecule has 1 aromatic rings. The van der Waals surface area contributed by atoms with Crippen molar-refractivity contribution in [3.05, 3.63) is 11.4 Å². The Kier molecular flexibility index (Phi) is 7.18. The summed E-state index contributed by atoms with van der Waals surface area (Å²) in [5, 5.41) is 10.0. The summed E-state index contributed by atoms with van der Waals surface area (Å²) in [5.41, 5.74) is 1.14. The first kappa shape index (κ1) is 17.1. The average Bonchev–Trinajstić information content (AvgIpc) is 2.77. The Morgan fingerprint density at radius 2 is 1.90 bits per heavy atom. The van der Waals surface area contributed by atoms with E-state index in [2.05, 4.69) is 34.1 Å². The standard InChI is InChI=1S/C13H26N4O2S/c1-4-6-7-9-15-20(18,19)13-11(3)16-17-12(13)10-14-8-5-2/h14-15H,4-10H2,1-3H3,(H,16,17). The van der Waals surface area contributed by atoms with E-state index in [-0.39, 0.29) is 4.90 Å². The van der Waals surface area contributed by atoms with E-state index in [0.717, 1.165) is 32.2 Å². The van der Waals surface area contributed by atoms with Crippen LogP contribution in [0.3, 0.4) is 0 Å². The highest BCUT2D eigenvalue weighted by atomic mass is 32.2. The molecule has 0 amide bonds. The van der Waals surface area contributed by atoms with Gasteiger partial charge in [-0.2, -0.15) is 5.10 Å². The summed E-state index contributed by atoms with van der Waals surface area (Å²) in [4.78, 5) is 0.289. The lowest BCUT2D eigenvalue weighted by atomic mass is 10.3. The van der Waals surface area contributed by atoms with Crippen molar-refractivity contribution in [3.63, 3.8) is 0 Å². The zero-order chi connectivity index (χ0) is 15.0. The van der Waals surface area contributed by atoms with E-state index in [1.54, 1.807) is 6.92 Å². The first-order chi connectivity index (χ1) is 9.53. The van der Waals surface area contributed by atoms with Gasteiger partial charge in [0, 0.05) is 13.1 Å². The minimum atomic E-state index is -3.48. The molecule has 0 aliphatic carbocycles. The maximum Gasteiger partial charge on any atom is 0.244 e. The van der Waals surface area contributed by atoms with E-state index >= 15 is 0 Å². The van der Waals surface area contributed by atoms with Gasteiger partial charge < -0.3 is 5.32 Å². The number of aromatic amines is 1. The summed E-state index contributed by atoms with van der Waals surface area (Å²) in [6, 6.07) is 0. The second kappa shape index (κ2) is 8.39. The molecule has 0 fully saturated rings. The predicted octanol–water partition coefficient (Wildman–Crippen LogP) is 1.69. The maximum atomic E-state index is 12.3. The van der Waals surface area contributed by atoms with Crippen LogP contribution in [-0.4, -0.2) is 31.7 Å². The Hall–Kier alpha value is -0.920. The fraction of sp³-hybridized carbons (Fsp3) is 0.769. The molecule has 0 saturated heterocycles. The molecular formula is C13H26N4O2S. The lowest BCUT2D eigenvalue weighted by Crippen LogP contribution is -2.27. The number of H-pyrrole nitrogens is 1. The molecule has 116 valence electrons. The van der Waals surface area contributed by atoms with Gasteiger partial charge >= 0.3 is 0 Å². The van der Waals surface area contributed by atoms with Crippen molar-refractivity contribution in [2.75, 3.05) is 13.1 Å². The summed E-state index contributed by atoms with van der Waals surface area (Å²) < 4.78 is 27.3. The van der Waals surface area contributed by atoms with Crippen molar-refractivity contribution >= 4 is 10.0 Å². The Balaban J connectivity index is 2.74. The highest BCUT2D eigenvalue weighted by Crippen LogP contribution is 2.17. The molecule has 0 bridgehead atoms. The number of sulfonamides is 1. The zero-order valence-electron chi connectivity index (χ0n) is 12.6. The monoisotopic (exact) mass is 302 g/mol. The van der Waals surface area contributed by atoms with Gasteiger partial charge in [0.15, 0.2) is 0 Å². The van der Waals surface area contributed by atoms with E-state index < -0.39 is 10.0 Å². The second-order valence-corrected chi connectivity index (χ2v) is 6.61. The van der Waals surface area contributed by atoms with Crippen molar-refractivity contribution in [3.8, 4) is 0 Å². The molecule has 0 spiro atoms. The van der Waals surface area contributed by atoms with Crippen LogP contribution in [0.4, 0.5) is 0 Å². The fourth-order valence-electron chi connectivity index (χ4n) is 1.98. The zero-order valence-corrected chi connectivity index (χ0v) is 13.4. The van der Waals surface area contributed by atoms with Gasteiger partial charge in [-0.05, 0) is 26.3 Å². The topological polar surface area (TPSA) is 86.9 Å². The molecule has 20 heavy (non-hydrogen) atoms. The van der Waals surface area contributed by atoms with E-state index in [9.17, 15) is 8.42 Å². The largest absolute Gasteiger partial charge is 0.311 e. The molecule has 1 heterocycles. The maximum absolute atomic E-state index is 12.3. The van der Waals surface area contributed by atoms with Crippen molar-refractivity contribution in [2.45, 2.75) is 57.9 Å². The Morgan fingerprint density at radius 1 is 1.15 bits per heavy atom. The van der Waals surface area contributed by atoms with E-state index in [4.69, 9.17) is 0 Å². The minimum Gasteiger partial charge on any atom is -0.311 e. The molecule has 0 atom stereocenters. The third-order valence-electron chi connectivity index (χ3n) is 3.02. The Labute approximate surface area is 121 Å². The van der Waals surface area contributed by atoms with Crippen molar-refractivity contribution in [1.29, 1.82) is 0 Å². The van der Waals surface area contributed by atoms with Crippen LogP contribution in [0.25, 0.3) is 0 Å². The fourth-order valence-corrected chi connectivity index (χ4v) is 3.42. The van der Waals surface area contributed by atoms with Gasteiger partial charge in [-0.15, -0.1) is 0 Å². The molecule has 3 N–H and O–H groups in total. The highest BCUT2D eigenvalue weighted by molar-refractivity contribution is 7.89. The third-order valence-corrected chi connectivity index (χ3v) is 4.69. The molecule has 0 unspecified atom stereocenters. The molecule has 0 aliphatic heterocycles. The molecule has 6 nitrogen and oxygen atoms in total. The molecule has 0 radical (unpaired) electrons. The minimum absolute atomic E-state index is 0.289. The Morgan fingerprint density at radius 3 is 2.55 bits per heavy atom. The molecule has 7 heteroatoms. The van der Waals surface area contributed by atoms with E-state index in [1.165, 1.54) is 0 Å². The first-order valence-electron chi connectivity index (χ1n) is 7.27. The van der Waals surface area contributed by atoms with Crippen LogP contribution >= 0.6 is 0 Å². The van der Waals surface area contributed by atoms with Gasteiger partial charge in [0.25, 0.3) is 0 Å². The van der Waals surface area contributed by atoms with Crippen LogP contribution in [-0.2, 0) is 16.6 Å². The van der Waals surface area contributed by atoms with Crippen LogP contribution < -0.4 is 10.0 Å². The summed E-state index contributed by atoms with van der Waals surface area (Å²) >= 11 is 0. The number of hydrogen-bond acceptors (Lipinski definition) is 4. The van der Waals surface area contributed by atoms with Crippen molar-refractivity contribution in [2.24, 2.45) is 0 Å². The summed E-state index contributed by atoms with van der Waals surface area (Å²) in [7, 11) is -3.48. The van der Waals surface area contributed by atoms with Gasteiger partial charge in [0.1, 0.15) is 4.90 Å². The van der Waals surface area contributed by atoms with Gasteiger partial charge in [0.05, 0.1) is 11.4 Å². The lowest BCUT2D eigenvalue weighted by Gasteiger charge is -2.08. The third kappa shape index (κ3) is 4.88. The smallest absolute Gasteiger partial charge is 0.244 e. The Bertz CT molecular complexity index is 496. The van der Waals surface area contributed by atoms with Gasteiger partial charge in [0.2, 0.25) is 10.0 Å². The number of unbranched alkanes of at least 4 members (excludes halogenated alkanes) is 2. The van der Waals surface area contributed by atoms with Crippen molar-refractivity contribution < 1.29 is 8.42 Å². The van der Waals surface area contributed by atoms with Gasteiger partial charge in [-0.1, -0.05) is 26.7 Å². The number of nitrogens with one attached hydrogen (secondary N) is 3. The van der Waals surface area contributed by atoms with Crippen LogP contribution in [0.2, 0.25) is 0 Å². The highest BCUT2D eigenvalue weighted by Gasteiger charge is 2.23. The van der Waals surface area contributed by atoms with Gasteiger partial charge in [-0.25, -0.2) is 13.1 Å². The van der Waals surface area contributed by atoms with Crippen LogP contribution in [0, 0.1) is 6.92 Å². The quantitative estimate of drug-likeness (QED) is 0.574. The summed E-state index contributed by atoms with van der Waals surface area (Å²) in [6.07, 6.45) is 3.95. The molecule has 0 aromatic carbocycles. The molecule has 1 rings (SSSR count). The number of hydrogen-bond donors (Lipinski definition) is 3. The van der Waals surface area contributed by atoms with Gasteiger partial charge in [-0.3, -0.25) is 5.10 Å². The number of aryl methyl sites for hydroxylation is 1. The predicted molar refractivity (Wildman–Crippen MR) is 80.0 cm³/mol. The van der Waals surface area contributed by atoms with Crippen LogP contribution in [0.5, 0.6) is 0 Å². The SMILES string of the molecule is CCCCCNS(=O)(=O)c1c(CNCCC)n[nH]c1C. The molecule has 1 aromatic heterocycles.